The normalized spacial score (nSPS) is 11.1. The Morgan fingerprint density at radius 1 is 1.18 bits per heavy atom. The zero-order valence-corrected chi connectivity index (χ0v) is 21.7. The number of nitrogens with zero attached hydrogens (tertiary/aromatic N) is 5. The molecule has 178 valence electrons. The first kappa shape index (κ1) is 26.6. The fourth-order valence-corrected chi connectivity index (χ4v) is 3.41. The molecule has 1 aromatic heterocycles. The number of methoxy groups -OCH3 is 1. The third-order valence-electron chi connectivity index (χ3n) is 5.14. The first-order valence-corrected chi connectivity index (χ1v) is 10.8. The van der Waals surface area contributed by atoms with Gasteiger partial charge in [-0.15, -0.1) is 34.2 Å². The summed E-state index contributed by atoms with van der Waals surface area (Å²) in [5, 5.41) is 11.5. The summed E-state index contributed by atoms with van der Waals surface area (Å²) in [6.45, 7) is 4.67. The van der Waals surface area contributed by atoms with Gasteiger partial charge in [-0.05, 0) is 41.8 Å². The first-order chi connectivity index (χ1) is 15.6. The van der Waals surface area contributed by atoms with Gasteiger partial charge in [0, 0.05) is 39.6 Å². The minimum Gasteiger partial charge on any atom is -0.497 e. The van der Waals surface area contributed by atoms with Gasteiger partial charge in [0.15, 0.2) is 5.96 Å². The highest BCUT2D eigenvalue weighted by atomic mass is 127. The van der Waals surface area contributed by atoms with Crippen molar-refractivity contribution < 1.29 is 9.13 Å². The highest BCUT2D eigenvalue weighted by Gasteiger charge is 2.09. The van der Waals surface area contributed by atoms with Crippen LogP contribution in [0, 0.1) is 5.82 Å². The van der Waals surface area contributed by atoms with Crippen molar-refractivity contribution in [1.29, 1.82) is 0 Å². The number of aryl methyl sites for hydroxylation is 1. The molecule has 3 rings (SSSR count). The van der Waals surface area contributed by atoms with Crippen LogP contribution in [0.5, 0.6) is 5.75 Å². The third kappa shape index (κ3) is 8.30. The molecule has 0 unspecified atom stereocenters. The third-order valence-corrected chi connectivity index (χ3v) is 5.14. The maximum Gasteiger partial charge on any atom is 0.194 e. The molecule has 1 N–H and O–H groups in total. The smallest absolute Gasteiger partial charge is 0.194 e. The quantitative estimate of drug-likeness (QED) is 0.229. The van der Waals surface area contributed by atoms with Crippen LogP contribution in [0.3, 0.4) is 0 Å². The summed E-state index contributed by atoms with van der Waals surface area (Å²) in [6, 6.07) is 14.7. The lowest BCUT2D eigenvalue weighted by molar-refractivity contribution is 0.414. The maximum atomic E-state index is 13.6. The van der Waals surface area contributed by atoms with Crippen molar-refractivity contribution in [3.8, 4) is 5.75 Å². The minimum absolute atomic E-state index is 0. The largest absolute Gasteiger partial charge is 0.497 e. The standard InChI is InChI=1S/C24H31FN6O.HI/c1-4-23-29-28-18-31(23)15-14-27-24(30(2)17-20-6-5-7-21(25)16-20)26-13-12-19-8-10-22(32-3)11-9-19;/h5-11,16,18H,4,12-15,17H2,1-3H3,(H,26,27);1H. The average Bonchev–Trinajstić information content (AvgIpc) is 3.26. The summed E-state index contributed by atoms with van der Waals surface area (Å²) in [6.07, 6.45) is 3.40. The fourth-order valence-electron chi connectivity index (χ4n) is 3.41. The van der Waals surface area contributed by atoms with E-state index in [2.05, 4.69) is 34.6 Å². The molecule has 0 aliphatic rings. The Bertz CT molecular complexity index is 1010. The number of aliphatic imine (C=N–C) groups is 1. The van der Waals surface area contributed by atoms with Crippen LogP contribution in [-0.4, -0.2) is 52.9 Å². The summed E-state index contributed by atoms with van der Waals surface area (Å²) >= 11 is 0. The molecule has 0 saturated heterocycles. The average molecular weight is 566 g/mol. The Morgan fingerprint density at radius 3 is 2.67 bits per heavy atom. The topological polar surface area (TPSA) is 67.6 Å². The van der Waals surface area contributed by atoms with Gasteiger partial charge < -0.3 is 19.5 Å². The highest BCUT2D eigenvalue weighted by Crippen LogP contribution is 2.12. The van der Waals surface area contributed by atoms with Gasteiger partial charge in [0.2, 0.25) is 0 Å². The molecule has 0 amide bonds. The number of guanidine groups is 1. The molecule has 0 aliphatic carbocycles. The number of ether oxygens (including phenoxy) is 1. The van der Waals surface area contributed by atoms with Gasteiger partial charge in [0.25, 0.3) is 0 Å². The number of hydrogen-bond donors (Lipinski definition) is 1. The van der Waals surface area contributed by atoms with Crippen LogP contribution in [0.25, 0.3) is 0 Å². The van der Waals surface area contributed by atoms with Gasteiger partial charge >= 0.3 is 0 Å². The molecule has 33 heavy (non-hydrogen) atoms. The van der Waals surface area contributed by atoms with Gasteiger partial charge in [0.1, 0.15) is 23.7 Å². The summed E-state index contributed by atoms with van der Waals surface area (Å²) in [7, 11) is 3.62. The second-order valence-electron chi connectivity index (χ2n) is 7.51. The summed E-state index contributed by atoms with van der Waals surface area (Å²) in [4.78, 5) is 6.82. The van der Waals surface area contributed by atoms with Gasteiger partial charge in [-0.3, -0.25) is 4.99 Å². The molecule has 2 aromatic carbocycles. The van der Waals surface area contributed by atoms with E-state index >= 15 is 0 Å². The predicted molar refractivity (Wildman–Crippen MR) is 140 cm³/mol. The van der Waals surface area contributed by atoms with Crippen molar-refractivity contribution in [2.45, 2.75) is 32.9 Å². The Balaban J connectivity index is 0.00000385. The van der Waals surface area contributed by atoms with E-state index < -0.39 is 0 Å². The SMILES string of the molecule is CCc1nncn1CCNC(=NCCc1ccc(OC)cc1)N(C)Cc1cccc(F)c1.I. The lowest BCUT2D eigenvalue weighted by Crippen LogP contribution is -2.40. The molecular formula is C24H32FIN6O. The van der Waals surface area contributed by atoms with Crippen molar-refractivity contribution in [2.24, 2.45) is 4.99 Å². The van der Waals surface area contributed by atoms with E-state index in [0.29, 0.717) is 19.6 Å². The molecule has 0 spiro atoms. The lowest BCUT2D eigenvalue weighted by atomic mass is 10.1. The van der Waals surface area contributed by atoms with Crippen LogP contribution in [0.2, 0.25) is 0 Å². The number of rotatable bonds is 10. The zero-order chi connectivity index (χ0) is 22.8. The van der Waals surface area contributed by atoms with E-state index in [0.717, 1.165) is 42.5 Å². The Hall–Kier alpha value is -2.69. The molecule has 3 aromatic rings. The van der Waals surface area contributed by atoms with E-state index in [1.54, 1.807) is 25.6 Å². The molecule has 1 heterocycles. The van der Waals surface area contributed by atoms with Crippen molar-refractivity contribution in [3.05, 3.63) is 77.6 Å². The van der Waals surface area contributed by atoms with Crippen molar-refractivity contribution in [3.63, 3.8) is 0 Å². The van der Waals surface area contributed by atoms with Gasteiger partial charge in [-0.2, -0.15) is 0 Å². The lowest BCUT2D eigenvalue weighted by Gasteiger charge is -2.23. The monoisotopic (exact) mass is 566 g/mol. The molecule has 0 bridgehead atoms. The maximum absolute atomic E-state index is 13.6. The fraction of sp³-hybridized carbons (Fsp3) is 0.375. The zero-order valence-electron chi connectivity index (χ0n) is 19.4. The minimum atomic E-state index is -0.235. The van der Waals surface area contributed by atoms with Gasteiger partial charge in [-0.25, -0.2) is 4.39 Å². The second kappa shape index (κ2) is 13.8. The van der Waals surface area contributed by atoms with E-state index in [-0.39, 0.29) is 29.8 Å². The molecule has 0 fully saturated rings. The number of nitrogens with one attached hydrogen (secondary N) is 1. The molecule has 0 saturated carbocycles. The Labute approximate surface area is 212 Å². The van der Waals surface area contributed by atoms with Gasteiger partial charge in [0.05, 0.1) is 7.11 Å². The summed E-state index contributed by atoms with van der Waals surface area (Å²) in [5.41, 5.74) is 2.09. The second-order valence-corrected chi connectivity index (χ2v) is 7.51. The van der Waals surface area contributed by atoms with Gasteiger partial charge in [-0.1, -0.05) is 31.2 Å². The van der Waals surface area contributed by atoms with Crippen molar-refractivity contribution >= 4 is 29.9 Å². The Morgan fingerprint density at radius 2 is 1.97 bits per heavy atom. The number of hydrogen-bond acceptors (Lipinski definition) is 4. The molecular weight excluding hydrogens is 534 g/mol. The number of benzene rings is 2. The van der Waals surface area contributed by atoms with E-state index in [9.17, 15) is 4.39 Å². The Kier molecular flexibility index (Phi) is 11.1. The molecule has 7 nitrogen and oxygen atoms in total. The van der Waals surface area contributed by atoms with Crippen molar-refractivity contribution in [1.82, 2.24) is 25.0 Å². The van der Waals surface area contributed by atoms with Crippen LogP contribution in [0.1, 0.15) is 23.9 Å². The highest BCUT2D eigenvalue weighted by molar-refractivity contribution is 14.0. The number of halogens is 2. The van der Waals surface area contributed by atoms with E-state index in [1.165, 1.54) is 11.6 Å². The van der Waals surface area contributed by atoms with Crippen LogP contribution in [0.15, 0.2) is 59.9 Å². The molecule has 0 atom stereocenters. The van der Waals surface area contributed by atoms with Crippen LogP contribution < -0.4 is 10.1 Å². The van der Waals surface area contributed by atoms with Crippen LogP contribution >= 0.6 is 24.0 Å². The molecule has 9 heteroatoms. The molecule has 0 radical (unpaired) electrons. The van der Waals surface area contributed by atoms with E-state index in [4.69, 9.17) is 9.73 Å². The summed E-state index contributed by atoms with van der Waals surface area (Å²) in [5.74, 6) is 2.34. The van der Waals surface area contributed by atoms with Crippen molar-refractivity contribution in [2.75, 3.05) is 27.2 Å². The van der Waals surface area contributed by atoms with E-state index in [1.807, 2.05) is 34.7 Å². The van der Waals surface area contributed by atoms with Crippen LogP contribution in [-0.2, 0) is 25.9 Å². The van der Waals surface area contributed by atoms with Crippen LogP contribution in [0.4, 0.5) is 4.39 Å². The molecule has 0 aliphatic heterocycles. The first-order valence-electron chi connectivity index (χ1n) is 10.8. The number of aromatic nitrogens is 3. The summed E-state index contributed by atoms with van der Waals surface area (Å²) < 4.78 is 20.9. The predicted octanol–water partition coefficient (Wildman–Crippen LogP) is 3.93.